The van der Waals surface area contributed by atoms with Gasteiger partial charge in [-0.15, -0.1) is 0 Å². The van der Waals surface area contributed by atoms with E-state index in [1.54, 1.807) is 29.2 Å². The van der Waals surface area contributed by atoms with Gasteiger partial charge in [-0.3, -0.25) is 9.59 Å². The minimum Gasteiger partial charge on any atom is -0.422 e. The number of morpholine rings is 1. The monoisotopic (exact) mass is 404 g/mol. The summed E-state index contributed by atoms with van der Waals surface area (Å²) in [5.41, 5.74) is 0.0400. The third-order valence-corrected chi connectivity index (χ3v) is 5.94. The van der Waals surface area contributed by atoms with Crippen molar-refractivity contribution in [1.82, 2.24) is 10.2 Å². The molecule has 2 fully saturated rings. The van der Waals surface area contributed by atoms with E-state index in [1.165, 1.54) is 0 Å². The third-order valence-electron chi connectivity index (χ3n) is 5.94. The number of fused-ring (bicyclic) bond motifs is 2. The quantitative estimate of drug-likeness (QED) is 0.661. The molecule has 3 heterocycles. The Kier molecular flexibility index (Phi) is 4.40. The molecular formula is C23H20N2O5. The second-order valence-corrected chi connectivity index (χ2v) is 7.67. The zero-order valence-corrected chi connectivity index (χ0v) is 16.2. The number of nitrogens with zero attached hydrogens (tertiary/aromatic N) is 1. The van der Waals surface area contributed by atoms with Gasteiger partial charge in [0.05, 0.1) is 5.54 Å². The van der Waals surface area contributed by atoms with E-state index < -0.39 is 23.2 Å². The first-order valence-corrected chi connectivity index (χ1v) is 9.87. The van der Waals surface area contributed by atoms with Crippen molar-refractivity contribution < 1.29 is 18.7 Å². The number of likely N-dealkylation sites (tertiary alicyclic amines) is 1. The van der Waals surface area contributed by atoms with Gasteiger partial charge in [0.25, 0.3) is 5.91 Å². The molecule has 0 spiro atoms. The van der Waals surface area contributed by atoms with Crippen LogP contribution < -0.4 is 10.9 Å². The summed E-state index contributed by atoms with van der Waals surface area (Å²) < 4.78 is 11.2. The second-order valence-electron chi connectivity index (χ2n) is 7.67. The molecule has 2 aromatic carbocycles. The van der Waals surface area contributed by atoms with Crippen molar-refractivity contribution in [2.24, 2.45) is 0 Å². The Hall–Kier alpha value is -3.45. The summed E-state index contributed by atoms with van der Waals surface area (Å²) in [6.07, 6.45) is 0.0701. The number of hydrogen-bond donors (Lipinski definition) is 1. The van der Waals surface area contributed by atoms with Crippen LogP contribution in [0.4, 0.5) is 0 Å². The van der Waals surface area contributed by atoms with Gasteiger partial charge >= 0.3 is 5.63 Å². The molecule has 2 saturated heterocycles. The lowest BCUT2D eigenvalue weighted by Gasteiger charge is -2.50. The molecule has 1 aromatic heterocycles. The molecule has 2 aliphatic heterocycles. The number of carbonyl (C=O) groups excluding carboxylic acids is 2. The predicted octanol–water partition coefficient (Wildman–Crippen LogP) is 2.05. The fraction of sp³-hybridized carbons (Fsp3) is 0.261. The maximum atomic E-state index is 13.2. The van der Waals surface area contributed by atoms with Gasteiger partial charge in [0.1, 0.15) is 23.9 Å². The van der Waals surface area contributed by atoms with Crippen LogP contribution in [-0.4, -0.2) is 42.5 Å². The first-order chi connectivity index (χ1) is 14.6. The summed E-state index contributed by atoms with van der Waals surface area (Å²) in [5, 5.41) is 3.79. The number of benzene rings is 2. The van der Waals surface area contributed by atoms with Crippen LogP contribution in [0.1, 0.15) is 22.3 Å². The van der Waals surface area contributed by atoms with Crippen LogP contribution in [0.3, 0.4) is 0 Å². The number of nitrogens with one attached hydrogen (secondary N) is 1. The molecule has 5 rings (SSSR count). The van der Waals surface area contributed by atoms with Gasteiger partial charge in [-0.2, -0.15) is 0 Å². The minimum absolute atomic E-state index is 0.000700. The van der Waals surface area contributed by atoms with Crippen molar-refractivity contribution in [3.63, 3.8) is 0 Å². The molecule has 2 aliphatic rings. The smallest absolute Gasteiger partial charge is 0.349 e. The molecule has 2 atom stereocenters. The van der Waals surface area contributed by atoms with E-state index >= 15 is 0 Å². The molecule has 1 N–H and O–H groups in total. The highest BCUT2D eigenvalue weighted by Gasteiger charge is 2.50. The highest BCUT2D eigenvalue weighted by molar-refractivity contribution is 5.96. The van der Waals surface area contributed by atoms with Crippen LogP contribution in [-0.2, 0) is 15.1 Å². The lowest BCUT2D eigenvalue weighted by molar-refractivity contribution is -0.150. The summed E-state index contributed by atoms with van der Waals surface area (Å²) in [6, 6.07) is 18.3. The molecule has 0 saturated carbocycles. The highest BCUT2D eigenvalue weighted by Crippen LogP contribution is 2.37. The van der Waals surface area contributed by atoms with E-state index in [1.807, 2.05) is 36.4 Å². The molecule has 0 aliphatic carbocycles. The van der Waals surface area contributed by atoms with Crippen LogP contribution in [0.5, 0.6) is 0 Å². The Morgan fingerprint density at radius 2 is 1.83 bits per heavy atom. The largest absolute Gasteiger partial charge is 0.422 e. The predicted molar refractivity (Wildman–Crippen MR) is 109 cm³/mol. The summed E-state index contributed by atoms with van der Waals surface area (Å²) in [5.74, 6) is -0.568. The zero-order chi connectivity index (χ0) is 20.7. The van der Waals surface area contributed by atoms with E-state index in [9.17, 15) is 14.4 Å². The average Bonchev–Trinajstić information content (AvgIpc) is 2.78. The Balaban J connectivity index is 1.46. The van der Waals surface area contributed by atoms with Gasteiger partial charge < -0.3 is 19.4 Å². The molecule has 152 valence electrons. The first kappa shape index (κ1) is 18.6. The van der Waals surface area contributed by atoms with Crippen molar-refractivity contribution in [2.75, 3.05) is 19.7 Å². The van der Waals surface area contributed by atoms with Crippen molar-refractivity contribution in [1.29, 1.82) is 0 Å². The molecule has 0 radical (unpaired) electrons. The first-order valence-electron chi connectivity index (χ1n) is 9.87. The highest BCUT2D eigenvalue weighted by atomic mass is 16.5. The van der Waals surface area contributed by atoms with Gasteiger partial charge in [-0.25, -0.2) is 4.79 Å². The van der Waals surface area contributed by atoms with E-state index in [-0.39, 0.29) is 24.6 Å². The number of para-hydroxylation sites is 1. The van der Waals surface area contributed by atoms with Gasteiger partial charge in [-0.1, -0.05) is 48.5 Å². The van der Waals surface area contributed by atoms with Gasteiger partial charge in [0, 0.05) is 18.5 Å². The molecule has 7 heteroatoms. The number of rotatable bonds is 2. The fourth-order valence-electron chi connectivity index (χ4n) is 4.42. The van der Waals surface area contributed by atoms with Gasteiger partial charge in [0.2, 0.25) is 5.91 Å². The van der Waals surface area contributed by atoms with Crippen LogP contribution in [0.25, 0.3) is 11.0 Å². The molecule has 3 aromatic rings. The Morgan fingerprint density at radius 3 is 2.67 bits per heavy atom. The van der Waals surface area contributed by atoms with Crippen molar-refractivity contribution >= 4 is 22.8 Å². The van der Waals surface area contributed by atoms with E-state index in [0.29, 0.717) is 23.9 Å². The SMILES string of the molecule is O=C1CO[C@H]2CN(C(=O)c3cc4ccccc4oc3=O)CC[C@]2(c2ccccc2)N1. The summed E-state index contributed by atoms with van der Waals surface area (Å²) in [4.78, 5) is 39.3. The zero-order valence-electron chi connectivity index (χ0n) is 16.2. The average molecular weight is 404 g/mol. The fourth-order valence-corrected chi connectivity index (χ4v) is 4.42. The van der Waals surface area contributed by atoms with Crippen molar-refractivity contribution in [3.05, 3.63) is 82.2 Å². The van der Waals surface area contributed by atoms with E-state index in [0.717, 1.165) is 5.56 Å². The summed E-state index contributed by atoms with van der Waals surface area (Å²) >= 11 is 0. The maximum Gasteiger partial charge on any atom is 0.349 e. The van der Waals surface area contributed by atoms with Crippen molar-refractivity contribution in [2.45, 2.75) is 18.1 Å². The number of hydrogen-bond acceptors (Lipinski definition) is 5. The van der Waals surface area contributed by atoms with Gasteiger partial charge in [0.15, 0.2) is 0 Å². The van der Waals surface area contributed by atoms with E-state index in [2.05, 4.69) is 5.32 Å². The molecule has 7 nitrogen and oxygen atoms in total. The topological polar surface area (TPSA) is 88.8 Å². The molecular weight excluding hydrogens is 384 g/mol. The maximum absolute atomic E-state index is 13.2. The normalized spacial score (nSPS) is 23.7. The summed E-state index contributed by atoms with van der Waals surface area (Å²) in [7, 11) is 0. The molecule has 2 amide bonds. The third kappa shape index (κ3) is 2.98. The molecule has 0 bridgehead atoms. The van der Waals surface area contributed by atoms with Crippen LogP contribution in [0.2, 0.25) is 0 Å². The molecule has 30 heavy (non-hydrogen) atoms. The number of amides is 2. The number of ether oxygens (including phenoxy) is 1. The van der Waals surface area contributed by atoms with Gasteiger partial charge in [-0.05, 0) is 24.1 Å². The summed E-state index contributed by atoms with van der Waals surface area (Å²) in [6.45, 7) is 0.583. The lowest BCUT2D eigenvalue weighted by atomic mass is 9.77. The Labute approximate surface area is 172 Å². The molecule has 0 unspecified atom stereocenters. The Bertz CT molecular complexity index is 1190. The number of carbonyl (C=O) groups is 2. The van der Waals surface area contributed by atoms with E-state index in [4.69, 9.17) is 9.15 Å². The Morgan fingerprint density at radius 1 is 1.07 bits per heavy atom. The van der Waals surface area contributed by atoms with Crippen LogP contribution in [0.15, 0.2) is 69.9 Å². The lowest BCUT2D eigenvalue weighted by Crippen LogP contribution is -2.67. The standard InChI is InChI=1S/C23H20N2O5/c26-20-14-29-19-13-25(11-10-23(19,24-20)16-7-2-1-3-8-16)21(27)17-12-15-6-4-5-9-18(15)30-22(17)28/h1-9,12,19H,10-11,13-14H2,(H,24,26)/t19-,23+/m0/s1. The number of piperidine rings is 1. The van der Waals surface area contributed by atoms with Crippen LogP contribution in [0, 0.1) is 0 Å². The van der Waals surface area contributed by atoms with Crippen LogP contribution >= 0.6 is 0 Å². The van der Waals surface area contributed by atoms with Crippen molar-refractivity contribution in [3.8, 4) is 0 Å². The second kappa shape index (κ2) is 7.11. The minimum atomic E-state index is -0.693.